The molecular weight excluding hydrogens is 388 g/mol. The second kappa shape index (κ2) is 9.54. The van der Waals surface area contributed by atoms with Gasteiger partial charge < -0.3 is 14.2 Å². The van der Waals surface area contributed by atoms with Crippen molar-refractivity contribution in [3.63, 3.8) is 0 Å². The summed E-state index contributed by atoms with van der Waals surface area (Å²) in [5.74, 6) is 1.01. The molecule has 3 rings (SSSR count). The smallest absolute Gasteiger partial charge is 0.260 e. The Morgan fingerprint density at radius 2 is 1.72 bits per heavy atom. The Hall–Kier alpha value is -2.90. The van der Waals surface area contributed by atoms with Crippen LogP contribution in [0.3, 0.4) is 0 Å². The number of hydrogen-bond acceptors (Lipinski definition) is 6. The molecule has 2 aromatic carbocycles. The van der Waals surface area contributed by atoms with Crippen LogP contribution in [-0.4, -0.2) is 45.4 Å². The van der Waals surface area contributed by atoms with Gasteiger partial charge in [0.15, 0.2) is 5.13 Å². The van der Waals surface area contributed by atoms with Crippen molar-refractivity contribution in [3.8, 4) is 22.8 Å². The van der Waals surface area contributed by atoms with Crippen molar-refractivity contribution in [2.45, 2.75) is 6.92 Å². The third kappa shape index (κ3) is 4.58. The molecule has 0 N–H and O–H groups in total. The summed E-state index contributed by atoms with van der Waals surface area (Å²) < 4.78 is 16.1. The Bertz CT molecular complexity index is 947. The molecule has 3 aromatic rings. The van der Waals surface area contributed by atoms with Crippen molar-refractivity contribution >= 4 is 22.4 Å². The number of hydrogen-bond donors (Lipinski definition) is 0. The topological polar surface area (TPSA) is 60.9 Å². The highest BCUT2D eigenvalue weighted by atomic mass is 32.1. The normalized spacial score (nSPS) is 10.6. The number of carbonyl (C=O) groups is 1. The molecule has 0 aliphatic rings. The van der Waals surface area contributed by atoms with E-state index in [-0.39, 0.29) is 5.91 Å². The highest BCUT2D eigenvalue weighted by molar-refractivity contribution is 7.14. The second-order valence-corrected chi connectivity index (χ2v) is 7.17. The second-order valence-electron chi connectivity index (χ2n) is 6.34. The molecule has 0 radical (unpaired) electrons. The van der Waals surface area contributed by atoms with Gasteiger partial charge in [0.1, 0.15) is 11.5 Å². The molecule has 6 nitrogen and oxygen atoms in total. The first-order valence-electron chi connectivity index (χ1n) is 9.13. The standard InChI is InChI=1S/C22H24N2O4S/c1-15-19(27-3)12-17(13-20(15)28-4)21(25)24(10-11-26-2)22-23-18(14-29-22)16-8-6-5-7-9-16/h5-9,12-14H,10-11H2,1-4H3. The number of amides is 1. The van der Waals surface area contributed by atoms with E-state index in [1.54, 1.807) is 38.4 Å². The van der Waals surface area contributed by atoms with E-state index in [0.29, 0.717) is 35.3 Å². The van der Waals surface area contributed by atoms with Gasteiger partial charge >= 0.3 is 0 Å². The highest BCUT2D eigenvalue weighted by Gasteiger charge is 2.23. The molecule has 0 saturated heterocycles. The van der Waals surface area contributed by atoms with Crippen molar-refractivity contribution in [1.82, 2.24) is 4.98 Å². The van der Waals surface area contributed by atoms with Crippen LogP contribution in [0.25, 0.3) is 11.3 Å². The molecule has 0 atom stereocenters. The number of anilines is 1. The lowest BCUT2D eigenvalue weighted by Gasteiger charge is -2.21. The molecule has 0 spiro atoms. The average Bonchev–Trinajstić information content (AvgIpc) is 3.24. The van der Waals surface area contributed by atoms with E-state index in [1.165, 1.54) is 11.3 Å². The van der Waals surface area contributed by atoms with Crippen LogP contribution in [0, 0.1) is 6.92 Å². The first-order valence-corrected chi connectivity index (χ1v) is 10.0. The number of benzene rings is 2. The molecule has 1 aromatic heterocycles. The lowest BCUT2D eigenvalue weighted by molar-refractivity contribution is 0.0975. The summed E-state index contributed by atoms with van der Waals surface area (Å²) in [6.07, 6.45) is 0. The Balaban J connectivity index is 1.97. The van der Waals surface area contributed by atoms with E-state index in [9.17, 15) is 4.79 Å². The molecular formula is C22H24N2O4S. The maximum atomic E-state index is 13.4. The van der Waals surface area contributed by atoms with E-state index < -0.39 is 0 Å². The van der Waals surface area contributed by atoms with E-state index in [4.69, 9.17) is 14.2 Å². The van der Waals surface area contributed by atoms with Crippen molar-refractivity contribution in [2.24, 2.45) is 0 Å². The minimum Gasteiger partial charge on any atom is -0.496 e. The zero-order chi connectivity index (χ0) is 20.8. The number of rotatable bonds is 8. The highest BCUT2D eigenvalue weighted by Crippen LogP contribution is 2.32. The SMILES string of the molecule is COCCN(C(=O)c1cc(OC)c(C)c(OC)c1)c1nc(-c2ccccc2)cs1. The van der Waals surface area contributed by atoms with Crippen LogP contribution in [0.2, 0.25) is 0 Å². The molecule has 7 heteroatoms. The van der Waals surface area contributed by atoms with Gasteiger partial charge in [0.25, 0.3) is 5.91 Å². The lowest BCUT2D eigenvalue weighted by atomic mass is 10.1. The van der Waals surface area contributed by atoms with Gasteiger partial charge in [-0.25, -0.2) is 4.98 Å². The predicted molar refractivity (Wildman–Crippen MR) is 115 cm³/mol. The van der Waals surface area contributed by atoms with Gasteiger partial charge in [-0.05, 0) is 19.1 Å². The van der Waals surface area contributed by atoms with Gasteiger partial charge in [-0.15, -0.1) is 11.3 Å². The molecule has 0 bridgehead atoms. The minimum absolute atomic E-state index is 0.187. The summed E-state index contributed by atoms with van der Waals surface area (Å²) in [7, 11) is 4.76. The quantitative estimate of drug-likeness (QED) is 0.548. The summed E-state index contributed by atoms with van der Waals surface area (Å²) in [6.45, 7) is 2.67. The maximum Gasteiger partial charge on any atom is 0.260 e. The number of thiazole rings is 1. The minimum atomic E-state index is -0.187. The van der Waals surface area contributed by atoms with Crippen LogP contribution in [0.4, 0.5) is 5.13 Å². The number of methoxy groups -OCH3 is 3. The van der Waals surface area contributed by atoms with E-state index >= 15 is 0 Å². The summed E-state index contributed by atoms with van der Waals surface area (Å²) in [6, 6.07) is 13.3. The van der Waals surface area contributed by atoms with E-state index in [2.05, 4.69) is 4.98 Å². The van der Waals surface area contributed by atoms with Gasteiger partial charge in [-0.1, -0.05) is 30.3 Å². The van der Waals surface area contributed by atoms with Gasteiger partial charge in [-0.2, -0.15) is 0 Å². The lowest BCUT2D eigenvalue weighted by Crippen LogP contribution is -2.34. The van der Waals surface area contributed by atoms with Crippen molar-refractivity contribution in [3.05, 3.63) is 59.0 Å². The zero-order valence-electron chi connectivity index (χ0n) is 17.0. The third-order valence-electron chi connectivity index (χ3n) is 4.56. The molecule has 0 fully saturated rings. The Morgan fingerprint density at radius 3 is 2.31 bits per heavy atom. The first kappa shape index (κ1) is 20.8. The average molecular weight is 413 g/mol. The van der Waals surface area contributed by atoms with Gasteiger partial charge in [0, 0.05) is 29.2 Å². The van der Waals surface area contributed by atoms with Crippen LogP contribution >= 0.6 is 11.3 Å². The van der Waals surface area contributed by atoms with Crippen LogP contribution in [0.1, 0.15) is 15.9 Å². The monoisotopic (exact) mass is 412 g/mol. The number of aromatic nitrogens is 1. The van der Waals surface area contributed by atoms with Crippen LogP contribution in [0.5, 0.6) is 11.5 Å². The van der Waals surface area contributed by atoms with Gasteiger partial charge in [0.05, 0.1) is 33.1 Å². The number of nitrogens with zero attached hydrogens (tertiary/aromatic N) is 2. The third-order valence-corrected chi connectivity index (χ3v) is 5.42. The number of ether oxygens (including phenoxy) is 3. The van der Waals surface area contributed by atoms with Crippen molar-refractivity contribution in [2.75, 3.05) is 39.4 Å². The molecule has 29 heavy (non-hydrogen) atoms. The fourth-order valence-corrected chi connectivity index (χ4v) is 3.82. The molecule has 0 aliphatic heterocycles. The number of carbonyl (C=O) groups excluding carboxylic acids is 1. The molecule has 1 amide bonds. The fraction of sp³-hybridized carbons (Fsp3) is 0.273. The van der Waals surface area contributed by atoms with Crippen LogP contribution < -0.4 is 14.4 Å². The van der Waals surface area contributed by atoms with E-state index in [0.717, 1.165) is 16.8 Å². The molecule has 0 unspecified atom stereocenters. The van der Waals surface area contributed by atoms with Crippen LogP contribution in [-0.2, 0) is 4.74 Å². The summed E-state index contributed by atoms with van der Waals surface area (Å²) in [5.41, 5.74) is 3.15. The van der Waals surface area contributed by atoms with Crippen molar-refractivity contribution < 1.29 is 19.0 Å². The fourth-order valence-electron chi connectivity index (χ4n) is 2.96. The van der Waals surface area contributed by atoms with Crippen molar-refractivity contribution in [1.29, 1.82) is 0 Å². The Morgan fingerprint density at radius 1 is 1.07 bits per heavy atom. The van der Waals surface area contributed by atoms with Crippen LogP contribution in [0.15, 0.2) is 47.8 Å². The Labute approximate surface area is 174 Å². The largest absolute Gasteiger partial charge is 0.496 e. The molecule has 0 aliphatic carbocycles. The van der Waals surface area contributed by atoms with Gasteiger partial charge in [0.2, 0.25) is 0 Å². The summed E-state index contributed by atoms with van der Waals surface area (Å²) >= 11 is 1.42. The maximum absolute atomic E-state index is 13.4. The summed E-state index contributed by atoms with van der Waals surface area (Å²) in [4.78, 5) is 19.7. The van der Waals surface area contributed by atoms with Gasteiger partial charge in [-0.3, -0.25) is 9.69 Å². The first-order chi connectivity index (χ1) is 14.1. The Kier molecular flexibility index (Phi) is 6.85. The zero-order valence-corrected chi connectivity index (χ0v) is 17.8. The summed E-state index contributed by atoms with van der Waals surface area (Å²) in [5, 5.41) is 2.57. The molecule has 1 heterocycles. The van der Waals surface area contributed by atoms with E-state index in [1.807, 2.05) is 42.6 Å². The molecule has 0 saturated carbocycles. The predicted octanol–water partition coefficient (Wildman–Crippen LogP) is 4.43. The molecule has 152 valence electrons.